The van der Waals surface area contributed by atoms with E-state index in [1.54, 1.807) is 23.0 Å². The Balaban J connectivity index is 1.79. The lowest BCUT2D eigenvalue weighted by Gasteiger charge is -2.09. The van der Waals surface area contributed by atoms with Crippen LogP contribution in [0.1, 0.15) is 30.4 Å². The zero-order valence-electron chi connectivity index (χ0n) is 12.5. The van der Waals surface area contributed by atoms with Gasteiger partial charge in [0, 0.05) is 17.8 Å². The molecule has 0 aliphatic heterocycles. The standard InChI is InChI=1S/C15H14FN5O2/c1-9(2)21-12(6-7-17-21)13(22)18-15-20-19-14(23-15)10-4-3-5-11(16)8-10/h3-9H,1-2H3,(H,18,20,22). The zero-order valence-corrected chi connectivity index (χ0v) is 12.5. The van der Waals surface area contributed by atoms with E-state index < -0.39 is 11.7 Å². The van der Waals surface area contributed by atoms with Gasteiger partial charge < -0.3 is 4.42 Å². The van der Waals surface area contributed by atoms with Crippen LogP contribution in [0.25, 0.3) is 11.5 Å². The van der Waals surface area contributed by atoms with Gasteiger partial charge in [-0.15, -0.1) is 5.10 Å². The zero-order chi connectivity index (χ0) is 16.4. The minimum Gasteiger partial charge on any atom is -0.403 e. The predicted octanol–water partition coefficient (Wildman–Crippen LogP) is 2.91. The number of nitrogens with one attached hydrogen (secondary N) is 1. The number of carbonyl (C=O) groups excluding carboxylic acids is 1. The second kappa shape index (κ2) is 5.99. The van der Waals surface area contributed by atoms with Crippen molar-refractivity contribution in [3.05, 3.63) is 48.0 Å². The van der Waals surface area contributed by atoms with Crippen LogP contribution in [-0.4, -0.2) is 25.9 Å². The van der Waals surface area contributed by atoms with Gasteiger partial charge in [0.05, 0.1) is 0 Å². The molecule has 0 spiro atoms. The van der Waals surface area contributed by atoms with E-state index in [4.69, 9.17) is 4.42 Å². The highest BCUT2D eigenvalue weighted by atomic mass is 19.1. The number of hydrogen-bond donors (Lipinski definition) is 1. The van der Waals surface area contributed by atoms with E-state index in [0.29, 0.717) is 11.3 Å². The molecule has 3 rings (SSSR count). The van der Waals surface area contributed by atoms with Gasteiger partial charge in [0.1, 0.15) is 11.5 Å². The normalized spacial score (nSPS) is 11.0. The van der Waals surface area contributed by atoms with Gasteiger partial charge in [-0.05, 0) is 38.1 Å². The molecule has 0 saturated carbocycles. The van der Waals surface area contributed by atoms with Crippen molar-refractivity contribution in [1.29, 1.82) is 0 Å². The van der Waals surface area contributed by atoms with E-state index in [-0.39, 0.29) is 17.9 Å². The first-order valence-corrected chi connectivity index (χ1v) is 6.99. The van der Waals surface area contributed by atoms with Crippen molar-refractivity contribution in [2.45, 2.75) is 19.9 Å². The Morgan fingerprint density at radius 1 is 1.30 bits per heavy atom. The van der Waals surface area contributed by atoms with Gasteiger partial charge in [0.25, 0.3) is 5.91 Å². The molecule has 0 atom stereocenters. The fourth-order valence-electron chi connectivity index (χ4n) is 2.08. The highest BCUT2D eigenvalue weighted by molar-refractivity contribution is 6.01. The monoisotopic (exact) mass is 315 g/mol. The van der Waals surface area contributed by atoms with Crippen LogP contribution >= 0.6 is 0 Å². The summed E-state index contributed by atoms with van der Waals surface area (Å²) in [4.78, 5) is 12.2. The van der Waals surface area contributed by atoms with Crippen LogP contribution in [-0.2, 0) is 0 Å². The van der Waals surface area contributed by atoms with Crippen molar-refractivity contribution in [1.82, 2.24) is 20.0 Å². The first-order chi connectivity index (χ1) is 11.0. The topological polar surface area (TPSA) is 85.8 Å². The summed E-state index contributed by atoms with van der Waals surface area (Å²) in [6.07, 6.45) is 1.54. The number of amides is 1. The van der Waals surface area contributed by atoms with Gasteiger partial charge in [-0.3, -0.25) is 14.8 Å². The Hall–Kier alpha value is -3.03. The molecule has 1 aromatic carbocycles. The van der Waals surface area contributed by atoms with Crippen LogP contribution < -0.4 is 5.32 Å². The minimum atomic E-state index is -0.411. The molecule has 1 amide bonds. The second-order valence-electron chi connectivity index (χ2n) is 5.13. The fraction of sp³-hybridized carbons (Fsp3) is 0.200. The number of anilines is 1. The Morgan fingerprint density at radius 3 is 2.87 bits per heavy atom. The third-order valence-corrected chi connectivity index (χ3v) is 3.11. The molecule has 3 aromatic rings. The molecule has 8 heteroatoms. The summed E-state index contributed by atoms with van der Waals surface area (Å²) in [5.41, 5.74) is 0.815. The number of hydrogen-bond acceptors (Lipinski definition) is 5. The summed E-state index contributed by atoms with van der Waals surface area (Å²) in [5.74, 6) is -0.699. The van der Waals surface area contributed by atoms with Crippen LogP contribution in [0.15, 0.2) is 40.9 Å². The van der Waals surface area contributed by atoms with E-state index in [1.807, 2.05) is 13.8 Å². The summed E-state index contributed by atoms with van der Waals surface area (Å²) in [6.45, 7) is 3.83. The van der Waals surface area contributed by atoms with Crippen LogP contribution in [0.4, 0.5) is 10.4 Å². The lowest BCUT2D eigenvalue weighted by Crippen LogP contribution is -2.19. The summed E-state index contributed by atoms with van der Waals surface area (Å²) in [6, 6.07) is 7.33. The molecule has 0 aliphatic carbocycles. The van der Waals surface area contributed by atoms with Crippen molar-refractivity contribution in [2.75, 3.05) is 5.32 Å². The number of benzene rings is 1. The SMILES string of the molecule is CC(C)n1nccc1C(=O)Nc1nnc(-c2cccc(F)c2)o1. The number of halogens is 1. The maximum Gasteiger partial charge on any atom is 0.322 e. The first-order valence-electron chi connectivity index (χ1n) is 6.99. The van der Waals surface area contributed by atoms with Gasteiger partial charge in [-0.1, -0.05) is 11.2 Å². The lowest BCUT2D eigenvalue weighted by molar-refractivity contribution is 0.101. The van der Waals surface area contributed by atoms with E-state index >= 15 is 0 Å². The number of aromatic nitrogens is 4. The van der Waals surface area contributed by atoms with Gasteiger partial charge in [-0.25, -0.2) is 4.39 Å². The molecule has 0 aliphatic rings. The van der Waals surface area contributed by atoms with Crippen molar-refractivity contribution in [3.8, 4) is 11.5 Å². The van der Waals surface area contributed by atoms with Crippen LogP contribution in [0.2, 0.25) is 0 Å². The number of rotatable bonds is 4. The molecule has 2 heterocycles. The summed E-state index contributed by atoms with van der Waals surface area (Å²) < 4.78 is 20.1. The minimum absolute atomic E-state index is 0.0382. The average Bonchev–Trinajstić information content (AvgIpc) is 3.16. The van der Waals surface area contributed by atoms with Gasteiger partial charge in [0.2, 0.25) is 5.89 Å². The maximum absolute atomic E-state index is 13.2. The average molecular weight is 315 g/mol. The molecular formula is C15H14FN5O2. The highest BCUT2D eigenvalue weighted by Gasteiger charge is 2.17. The highest BCUT2D eigenvalue weighted by Crippen LogP contribution is 2.21. The molecular weight excluding hydrogens is 301 g/mol. The second-order valence-corrected chi connectivity index (χ2v) is 5.13. The molecule has 0 unspecified atom stereocenters. The Kier molecular flexibility index (Phi) is 3.88. The molecule has 23 heavy (non-hydrogen) atoms. The molecule has 118 valence electrons. The number of nitrogens with zero attached hydrogens (tertiary/aromatic N) is 4. The Labute approximate surface area is 131 Å². The van der Waals surface area contributed by atoms with E-state index in [9.17, 15) is 9.18 Å². The summed E-state index contributed by atoms with van der Waals surface area (Å²) >= 11 is 0. The fourth-order valence-corrected chi connectivity index (χ4v) is 2.08. The largest absolute Gasteiger partial charge is 0.403 e. The smallest absolute Gasteiger partial charge is 0.322 e. The third kappa shape index (κ3) is 3.10. The molecule has 2 aromatic heterocycles. The van der Waals surface area contributed by atoms with Crippen molar-refractivity contribution < 1.29 is 13.6 Å². The Bertz CT molecular complexity index is 840. The van der Waals surface area contributed by atoms with Gasteiger partial charge >= 0.3 is 6.01 Å². The van der Waals surface area contributed by atoms with Crippen molar-refractivity contribution in [2.24, 2.45) is 0 Å². The van der Waals surface area contributed by atoms with E-state index in [0.717, 1.165) is 0 Å². The molecule has 0 saturated heterocycles. The quantitative estimate of drug-likeness (QED) is 0.800. The molecule has 1 N–H and O–H groups in total. The van der Waals surface area contributed by atoms with Crippen molar-refractivity contribution >= 4 is 11.9 Å². The van der Waals surface area contributed by atoms with E-state index in [2.05, 4.69) is 20.6 Å². The van der Waals surface area contributed by atoms with E-state index in [1.165, 1.54) is 18.2 Å². The summed E-state index contributed by atoms with van der Waals surface area (Å²) in [7, 11) is 0. The summed E-state index contributed by atoms with van der Waals surface area (Å²) in [5, 5.41) is 14.1. The first kappa shape index (κ1) is 14.9. The third-order valence-electron chi connectivity index (χ3n) is 3.11. The molecule has 7 nitrogen and oxygen atoms in total. The molecule has 0 bridgehead atoms. The van der Waals surface area contributed by atoms with Gasteiger partial charge in [0.15, 0.2) is 0 Å². The Morgan fingerprint density at radius 2 is 2.13 bits per heavy atom. The van der Waals surface area contributed by atoms with Crippen LogP contribution in [0, 0.1) is 5.82 Å². The number of carbonyl (C=O) groups is 1. The predicted molar refractivity (Wildman–Crippen MR) is 80.3 cm³/mol. The maximum atomic E-state index is 13.2. The molecule has 0 radical (unpaired) electrons. The van der Waals surface area contributed by atoms with Gasteiger partial charge in [-0.2, -0.15) is 5.10 Å². The van der Waals surface area contributed by atoms with Crippen LogP contribution in [0.3, 0.4) is 0 Å². The molecule has 0 fully saturated rings. The van der Waals surface area contributed by atoms with Crippen LogP contribution in [0.5, 0.6) is 0 Å². The van der Waals surface area contributed by atoms with Crippen molar-refractivity contribution in [3.63, 3.8) is 0 Å². The lowest BCUT2D eigenvalue weighted by atomic mass is 10.2.